The molecule has 6 heteroatoms. The molecule has 1 heterocycles. The van der Waals surface area contributed by atoms with Gasteiger partial charge in [-0.05, 0) is 31.4 Å². The Labute approximate surface area is 153 Å². The molecule has 0 aliphatic rings. The topological polar surface area (TPSA) is 77.2 Å². The summed E-state index contributed by atoms with van der Waals surface area (Å²) in [5, 5.41) is 5.76. The number of ether oxygens (including phenoxy) is 1. The number of hydrogen-bond acceptors (Lipinski definition) is 5. The van der Waals surface area contributed by atoms with Gasteiger partial charge in [-0.1, -0.05) is 31.5 Å². The highest BCUT2D eigenvalue weighted by Gasteiger charge is 2.14. The quantitative estimate of drug-likeness (QED) is 0.720. The van der Waals surface area contributed by atoms with Gasteiger partial charge >= 0.3 is 0 Å². The van der Waals surface area contributed by atoms with Crippen molar-refractivity contribution in [2.45, 2.75) is 46.3 Å². The number of carbonyl (C=O) groups is 1. The van der Waals surface area contributed by atoms with Crippen molar-refractivity contribution in [3.05, 3.63) is 45.9 Å². The van der Waals surface area contributed by atoms with E-state index in [1.54, 1.807) is 0 Å². The molecule has 136 valence electrons. The molecule has 0 spiro atoms. The van der Waals surface area contributed by atoms with Crippen LogP contribution < -0.4 is 15.8 Å². The molecule has 0 aliphatic heterocycles. The largest absolute Gasteiger partial charge is 0.486 e. The molecule has 0 bridgehead atoms. The standard InChI is InChI=1S/C19H27N3O2S/c1-13(2)8-15(10-20)21-18(23)9-16-12-25-19(22-16)11-24-17-6-4-14(3)5-7-17/h4-7,12-13,15H,8-11,20H2,1-3H3,(H,21,23). The van der Waals surface area contributed by atoms with Crippen LogP contribution in [0.4, 0.5) is 0 Å². The zero-order valence-corrected chi connectivity index (χ0v) is 15.9. The molecule has 2 aromatic rings. The lowest BCUT2D eigenvalue weighted by molar-refractivity contribution is -0.121. The molecular weight excluding hydrogens is 334 g/mol. The Morgan fingerprint density at radius 2 is 2.04 bits per heavy atom. The molecule has 1 atom stereocenters. The van der Waals surface area contributed by atoms with Crippen molar-refractivity contribution in [1.82, 2.24) is 10.3 Å². The second-order valence-corrected chi connectivity index (χ2v) is 7.58. The van der Waals surface area contributed by atoms with Crippen LogP contribution in [-0.2, 0) is 17.8 Å². The lowest BCUT2D eigenvalue weighted by Crippen LogP contribution is -2.41. The van der Waals surface area contributed by atoms with Crippen molar-refractivity contribution in [2.75, 3.05) is 6.54 Å². The Hall–Kier alpha value is -1.92. The molecule has 0 saturated carbocycles. The van der Waals surface area contributed by atoms with Gasteiger partial charge in [0.05, 0.1) is 12.1 Å². The van der Waals surface area contributed by atoms with Gasteiger partial charge in [0.1, 0.15) is 17.4 Å². The van der Waals surface area contributed by atoms with Crippen LogP contribution in [0.1, 0.15) is 36.5 Å². The van der Waals surface area contributed by atoms with Crippen molar-refractivity contribution >= 4 is 17.2 Å². The number of thiazole rings is 1. The molecular formula is C19H27N3O2S. The molecule has 1 unspecified atom stereocenters. The average molecular weight is 362 g/mol. The van der Waals surface area contributed by atoms with Gasteiger partial charge < -0.3 is 15.8 Å². The number of carbonyl (C=O) groups excluding carboxylic acids is 1. The van der Waals surface area contributed by atoms with E-state index in [-0.39, 0.29) is 18.4 Å². The number of rotatable bonds is 9. The maximum atomic E-state index is 12.2. The van der Waals surface area contributed by atoms with Gasteiger partial charge in [-0.15, -0.1) is 11.3 Å². The van der Waals surface area contributed by atoms with Crippen molar-refractivity contribution in [3.63, 3.8) is 0 Å². The van der Waals surface area contributed by atoms with Crippen LogP contribution in [0, 0.1) is 12.8 Å². The van der Waals surface area contributed by atoms with Crippen LogP contribution >= 0.6 is 11.3 Å². The average Bonchev–Trinajstić information content (AvgIpc) is 3.00. The molecule has 1 amide bonds. The minimum atomic E-state index is -0.0348. The number of nitrogens with zero attached hydrogens (tertiary/aromatic N) is 1. The van der Waals surface area contributed by atoms with E-state index in [0.29, 0.717) is 19.1 Å². The summed E-state index contributed by atoms with van der Waals surface area (Å²) in [5.41, 5.74) is 7.69. The third-order valence-corrected chi connectivity index (χ3v) is 4.60. The number of amides is 1. The Bertz CT molecular complexity index is 668. The number of nitrogens with one attached hydrogen (secondary N) is 1. The van der Waals surface area contributed by atoms with E-state index in [0.717, 1.165) is 22.9 Å². The first kappa shape index (κ1) is 19.4. The molecule has 0 aliphatic carbocycles. The van der Waals surface area contributed by atoms with Crippen molar-refractivity contribution in [3.8, 4) is 5.75 Å². The van der Waals surface area contributed by atoms with Gasteiger partial charge in [0, 0.05) is 18.0 Å². The maximum absolute atomic E-state index is 12.2. The number of aromatic nitrogens is 1. The number of aryl methyl sites for hydroxylation is 1. The highest BCUT2D eigenvalue weighted by atomic mass is 32.1. The molecule has 25 heavy (non-hydrogen) atoms. The van der Waals surface area contributed by atoms with Crippen LogP contribution in [0.3, 0.4) is 0 Å². The SMILES string of the molecule is Cc1ccc(OCc2nc(CC(=O)NC(CN)CC(C)C)cs2)cc1. The van der Waals surface area contributed by atoms with Crippen molar-refractivity contribution in [2.24, 2.45) is 11.7 Å². The van der Waals surface area contributed by atoms with Crippen molar-refractivity contribution < 1.29 is 9.53 Å². The summed E-state index contributed by atoms with van der Waals surface area (Å²) in [6.07, 6.45) is 1.16. The third kappa shape index (κ3) is 6.84. The predicted molar refractivity (Wildman–Crippen MR) is 102 cm³/mol. The van der Waals surface area contributed by atoms with Crippen LogP contribution in [0.5, 0.6) is 5.75 Å². The summed E-state index contributed by atoms with van der Waals surface area (Å²) in [5.74, 6) is 1.28. The first-order valence-electron chi connectivity index (χ1n) is 8.58. The Kier molecular flexibility index (Phi) is 7.40. The first-order valence-corrected chi connectivity index (χ1v) is 9.46. The maximum Gasteiger partial charge on any atom is 0.226 e. The molecule has 1 aromatic heterocycles. The monoisotopic (exact) mass is 361 g/mol. The summed E-state index contributed by atoms with van der Waals surface area (Å²) < 4.78 is 5.72. The summed E-state index contributed by atoms with van der Waals surface area (Å²) in [7, 11) is 0. The normalized spacial score (nSPS) is 12.2. The van der Waals surface area contributed by atoms with Crippen molar-refractivity contribution in [1.29, 1.82) is 0 Å². The Morgan fingerprint density at radius 1 is 1.32 bits per heavy atom. The van der Waals surface area contributed by atoms with E-state index in [2.05, 4.69) is 24.1 Å². The summed E-state index contributed by atoms with van der Waals surface area (Å²) >= 11 is 1.51. The van der Waals surface area contributed by atoms with E-state index < -0.39 is 0 Å². The molecule has 0 fully saturated rings. The van der Waals surface area contributed by atoms with E-state index in [1.807, 2.05) is 36.6 Å². The predicted octanol–water partition coefficient (Wildman–Crippen LogP) is 3.06. The van der Waals surface area contributed by atoms with Crippen LogP contribution in [0.2, 0.25) is 0 Å². The molecule has 5 nitrogen and oxygen atoms in total. The van der Waals surface area contributed by atoms with Gasteiger partial charge in [0.15, 0.2) is 0 Å². The fourth-order valence-electron chi connectivity index (χ4n) is 2.50. The molecule has 1 aromatic carbocycles. The number of benzene rings is 1. The Morgan fingerprint density at radius 3 is 2.68 bits per heavy atom. The fraction of sp³-hybridized carbons (Fsp3) is 0.474. The fourth-order valence-corrected chi connectivity index (χ4v) is 3.21. The third-order valence-electron chi connectivity index (χ3n) is 3.73. The zero-order valence-electron chi connectivity index (χ0n) is 15.1. The molecule has 2 rings (SSSR count). The van der Waals surface area contributed by atoms with Gasteiger partial charge in [0.2, 0.25) is 5.91 Å². The molecule has 0 radical (unpaired) electrons. The van der Waals surface area contributed by atoms with Gasteiger partial charge in [-0.3, -0.25) is 4.79 Å². The van der Waals surface area contributed by atoms with E-state index in [4.69, 9.17) is 10.5 Å². The minimum absolute atomic E-state index is 0.0236. The molecule has 0 saturated heterocycles. The highest BCUT2D eigenvalue weighted by Crippen LogP contribution is 2.16. The minimum Gasteiger partial charge on any atom is -0.486 e. The van der Waals surface area contributed by atoms with E-state index in [1.165, 1.54) is 16.9 Å². The second-order valence-electron chi connectivity index (χ2n) is 6.64. The lowest BCUT2D eigenvalue weighted by Gasteiger charge is -2.18. The van der Waals surface area contributed by atoms with Gasteiger partial charge in [0.25, 0.3) is 0 Å². The highest BCUT2D eigenvalue weighted by molar-refractivity contribution is 7.09. The van der Waals surface area contributed by atoms with E-state index >= 15 is 0 Å². The van der Waals surface area contributed by atoms with Crippen LogP contribution in [0.15, 0.2) is 29.6 Å². The summed E-state index contributed by atoms with van der Waals surface area (Å²) in [6, 6.07) is 7.93. The lowest BCUT2D eigenvalue weighted by atomic mass is 10.0. The van der Waals surface area contributed by atoms with Crippen LogP contribution in [0.25, 0.3) is 0 Å². The molecule has 3 N–H and O–H groups in total. The number of nitrogens with two attached hydrogens (primary N) is 1. The van der Waals surface area contributed by atoms with Gasteiger partial charge in [-0.25, -0.2) is 4.98 Å². The van der Waals surface area contributed by atoms with Gasteiger partial charge in [-0.2, -0.15) is 0 Å². The van der Waals surface area contributed by atoms with E-state index in [9.17, 15) is 4.79 Å². The second kappa shape index (κ2) is 9.53. The first-order chi connectivity index (χ1) is 12.0. The smallest absolute Gasteiger partial charge is 0.226 e. The summed E-state index contributed by atoms with van der Waals surface area (Å²) in [4.78, 5) is 16.6. The number of hydrogen-bond donors (Lipinski definition) is 2. The summed E-state index contributed by atoms with van der Waals surface area (Å²) in [6.45, 7) is 7.15. The Balaban J connectivity index is 1.81. The zero-order chi connectivity index (χ0) is 18.2. The van der Waals surface area contributed by atoms with Crippen LogP contribution in [-0.4, -0.2) is 23.5 Å².